The summed E-state index contributed by atoms with van der Waals surface area (Å²) in [5.74, 6) is -0.757. The van der Waals surface area contributed by atoms with Gasteiger partial charge in [-0.3, -0.25) is 4.79 Å². The van der Waals surface area contributed by atoms with E-state index in [4.69, 9.17) is 5.11 Å². The Hall–Kier alpha value is -0.870. The van der Waals surface area contributed by atoms with E-state index in [0.717, 1.165) is 6.54 Å². The third-order valence-corrected chi connectivity index (χ3v) is 2.99. The maximum Gasteiger partial charge on any atom is 0.304 e. The number of aliphatic carboxylic acids is 1. The summed E-state index contributed by atoms with van der Waals surface area (Å²) in [4.78, 5) is 10.4. The van der Waals surface area contributed by atoms with Gasteiger partial charge in [0, 0.05) is 12.6 Å². The van der Waals surface area contributed by atoms with Gasteiger partial charge in [0.25, 0.3) is 0 Å². The summed E-state index contributed by atoms with van der Waals surface area (Å²) in [6, 6.07) is 0.0202. The quantitative estimate of drug-likeness (QED) is 0.786. The largest absolute Gasteiger partial charge is 0.481 e. The van der Waals surface area contributed by atoms with E-state index in [-0.39, 0.29) is 12.5 Å². The van der Waals surface area contributed by atoms with Crippen molar-refractivity contribution < 1.29 is 9.90 Å². The minimum atomic E-state index is -0.757. The molecule has 0 saturated carbocycles. The highest BCUT2D eigenvalue weighted by molar-refractivity contribution is 7.08. The van der Waals surface area contributed by atoms with Crippen LogP contribution in [0.1, 0.15) is 24.5 Å². The topological polar surface area (TPSA) is 49.3 Å². The molecule has 0 aliphatic rings. The molecule has 1 aromatic rings. The second kappa shape index (κ2) is 5.12. The Morgan fingerprint density at radius 3 is 2.86 bits per heavy atom. The van der Waals surface area contributed by atoms with Gasteiger partial charge in [-0.05, 0) is 35.7 Å². The molecule has 78 valence electrons. The molecule has 0 aliphatic heterocycles. The molecule has 4 heteroatoms. The first-order chi connectivity index (χ1) is 6.59. The molecule has 0 radical (unpaired) electrons. The maximum atomic E-state index is 10.4. The molecule has 0 saturated heterocycles. The van der Waals surface area contributed by atoms with Crippen LogP contribution >= 0.6 is 11.3 Å². The van der Waals surface area contributed by atoms with Crippen molar-refractivity contribution in [3.8, 4) is 0 Å². The Kier molecular flexibility index (Phi) is 4.10. The molecule has 1 unspecified atom stereocenters. The molecule has 2 N–H and O–H groups in total. The first kappa shape index (κ1) is 11.2. The van der Waals surface area contributed by atoms with Gasteiger partial charge in [0.2, 0.25) is 0 Å². The van der Waals surface area contributed by atoms with E-state index in [0.29, 0.717) is 0 Å². The third-order valence-electron chi connectivity index (χ3n) is 2.08. The minimum Gasteiger partial charge on any atom is -0.481 e. The first-order valence-electron chi connectivity index (χ1n) is 4.56. The predicted octanol–water partition coefficient (Wildman–Crippen LogP) is 2.01. The van der Waals surface area contributed by atoms with Gasteiger partial charge in [-0.2, -0.15) is 11.3 Å². The Bertz CT molecular complexity index is 309. The van der Waals surface area contributed by atoms with Gasteiger partial charge in [0.05, 0.1) is 6.42 Å². The Morgan fingerprint density at radius 1 is 1.64 bits per heavy atom. The molecule has 1 heterocycles. The number of carbonyl (C=O) groups is 1. The monoisotopic (exact) mass is 213 g/mol. The van der Waals surface area contributed by atoms with Crippen LogP contribution in [0.5, 0.6) is 0 Å². The zero-order valence-electron chi connectivity index (χ0n) is 8.41. The number of aryl methyl sites for hydroxylation is 1. The van der Waals surface area contributed by atoms with Crippen molar-refractivity contribution in [2.24, 2.45) is 0 Å². The van der Waals surface area contributed by atoms with Gasteiger partial charge in [-0.1, -0.05) is 0 Å². The lowest BCUT2D eigenvalue weighted by molar-refractivity contribution is -0.137. The van der Waals surface area contributed by atoms with Crippen molar-refractivity contribution in [2.45, 2.75) is 32.9 Å². The van der Waals surface area contributed by atoms with Crippen LogP contribution in [-0.4, -0.2) is 17.1 Å². The van der Waals surface area contributed by atoms with Crippen molar-refractivity contribution in [1.29, 1.82) is 0 Å². The van der Waals surface area contributed by atoms with Gasteiger partial charge in [-0.15, -0.1) is 0 Å². The van der Waals surface area contributed by atoms with Crippen molar-refractivity contribution >= 4 is 17.3 Å². The van der Waals surface area contributed by atoms with Gasteiger partial charge in [0.1, 0.15) is 0 Å². The SMILES string of the molecule is Cc1cscc1CNC(C)CC(=O)O. The first-order valence-corrected chi connectivity index (χ1v) is 5.50. The number of hydrogen-bond acceptors (Lipinski definition) is 3. The summed E-state index contributed by atoms with van der Waals surface area (Å²) in [5, 5.41) is 15.9. The Balaban J connectivity index is 2.34. The lowest BCUT2D eigenvalue weighted by atomic mass is 10.2. The molecule has 3 nitrogen and oxygen atoms in total. The van der Waals surface area contributed by atoms with Crippen LogP contribution in [-0.2, 0) is 11.3 Å². The van der Waals surface area contributed by atoms with Crippen LogP contribution in [0.15, 0.2) is 10.8 Å². The molecule has 1 rings (SSSR count). The number of thiophene rings is 1. The molecular formula is C10H15NO2S. The van der Waals surface area contributed by atoms with E-state index in [1.165, 1.54) is 11.1 Å². The van der Waals surface area contributed by atoms with Crippen LogP contribution < -0.4 is 5.32 Å². The summed E-state index contributed by atoms with van der Waals surface area (Å²) in [6.45, 7) is 4.70. The zero-order valence-corrected chi connectivity index (χ0v) is 9.23. The van der Waals surface area contributed by atoms with E-state index in [9.17, 15) is 4.79 Å². The standard InChI is InChI=1S/C10H15NO2S/c1-7-5-14-6-9(7)4-11-8(2)3-10(12)13/h5-6,8,11H,3-4H2,1-2H3,(H,12,13). The lowest BCUT2D eigenvalue weighted by Crippen LogP contribution is -2.27. The molecular weight excluding hydrogens is 198 g/mol. The maximum absolute atomic E-state index is 10.4. The van der Waals surface area contributed by atoms with Crippen LogP contribution in [0.4, 0.5) is 0 Å². The summed E-state index contributed by atoms with van der Waals surface area (Å²) in [7, 11) is 0. The Labute approximate surface area is 87.8 Å². The molecule has 14 heavy (non-hydrogen) atoms. The van der Waals surface area contributed by atoms with Crippen LogP contribution in [0.25, 0.3) is 0 Å². The summed E-state index contributed by atoms with van der Waals surface area (Å²) < 4.78 is 0. The molecule has 1 aromatic heterocycles. The molecule has 0 fully saturated rings. The highest BCUT2D eigenvalue weighted by Crippen LogP contribution is 2.13. The summed E-state index contributed by atoms with van der Waals surface area (Å²) in [6.07, 6.45) is 0.170. The third kappa shape index (κ3) is 3.47. The molecule has 0 amide bonds. The number of nitrogens with one attached hydrogen (secondary N) is 1. The number of carboxylic acids is 1. The normalized spacial score (nSPS) is 12.7. The van der Waals surface area contributed by atoms with E-state index in [1.807, 2.05) is 6.92 Å². The van der Waals surface area contributed by atoms with Crippen molar-refractivity contribution in [2.75, 3.05) is 0 Å². The van der Waals surface area contributed by atoms with Crippen molar-refractivity contribution in [3.63, 3.8) is 0 Å². The second-order valence-corrected chi connectivity index (χ2v) is 4.20. The van der Waals surface area contributed by atoms with Crippen LogP contribution in [0.3, 0.4) is 0 Å². The van der Waals surface area contributed by atoms with E-state index >= 15 is 0 Å². The van der Waals surface area contributed by atoms with Gasteiger partial charge in [0.15, 0.2) is 0 Å². The smallest absolute Gasteiger partial charge is 0.304 e. The van der Waals surface area contributed by atoms with E-state index in [1.54, 1.807) is 11.3 Å². The average Bonchev–Trinajstić information content (AvgIpc) is 2.46. The second-order valence-electron chi connectivity index (χ2n) is 3.46. The number of rotatable bonds is 5. The lowest BCUT2D eigenvalue weighted by Gasteiger charge is -2.10. The van der Waals surface area contributed by atoms with Gasteiger partial charge >= 0.3 is 5.97 Å². The van der Waals surface area contributed by atoms with Crippen molar-refractivity contribution in [3.05, 3.63) is 21.9 Å². The van der Waals surface area contributed by atoms with Crippen molar-refractivity contribution in [1.82, 2.24) is 5.32 Å². The van der Waals surface area contributed by atoms with Crippen LogP contribution in [0, 0.1) is 6.92 Å². The fourth-order valence-corrected chi connectivity index (χ4v) is 2.04. The highest BCUT2D eigenvalue weighted by atomic mass is 32.1. The highest BCUT2D eigenvalue weighted by Gasteiger charge is 2.07. The number of carboxylic acid groups (broad SMARTS) is 1. The van der Waals surface area contributed by atoms with E-state index < -0.39 is 5.97 Å². The molecule has 1 atom stereocenters. The Morgan fingerprint density at radius 2 is 2.36 bits per heavy atom. The summed E-state index contributed by atoms with van der Waals surface area (Å²) in [5.41, 5.74) is 2.53. The predicted molar refractivity (Wildman–Crippen MR) is 57.6 cm³/mol. The zero-order chi connectivity index (χ0) is 10.6. The van der Waals surface area contributed by atoms with Gasteiger partial charge < -0.3 is 10.4 Å². The summed E-state index contributed by atoms with van der Waals surface area (Å²) >= 11 is 1.68. The molecule has 0 bridgehead atoms. The molecule has 0 aromatic carbocycles. The number of hydrogen-bond donors (Lipinski definition) is 2. The van der Waals surface area contributed by atoms with Gasteiger partial charge in [-0.25, -0.2) is 0 Å². The molecule has 0 spiro atoms. The fourth-order valence-electron chi connectivity index (χ4n) is 1.19. The van der Waals surface area contributed by atoms with Crippen LogP contribution in [0.2, 0.25) is 0 Å². The fraction of sp³-hybridized carbons (Fsp3) is 0.500. The molecule has 0 aliphatic carbocycles. The minimum absolute atomic E-state index is 0.0202. The average molecular weight is 213 g/mol. The van der Waals surface area contributed by atoms with E-state index in [2.05, 4.69) is 23.0 Å².